The number of ether oxygens (including phenoxy) is 1. The third kappa shape index (κ3) is 6.93. The van der Waals surface area contributed by atoms with Crippen molar-refractivity contribution in [2.24, 2.45) is 0 Å². The number of rotatable bonds is 9. The van der Waals surface area contributed by atoms with E-state index in [0.29, 0.717) is 19.2 Å². The number of hydrogen-bond acceptors (Lipinski definition) is 4. The van der Waals surface area contributed by atoms with E-state index in [0.717, 1.165) is 29.8 Å². The van der Waals surface area contributed by atoms with Gasteiger partial charge in [-0.05, 0) is 59.0 Å². The standard InChI is InChI=1S/C17H30N2O2/c1-13-7-6-8-14(2)17(13)21-12-16(20)11-18-15(3)9-10-19(4)5/h6-8,15-16,18,20H,9-12H2,1-5H3. The van der Waals surface area contributed by atoms with Crippen LogP contribution in [0.4, 0.5) is 0 Å². The minimum atomic E-state index is -0.495. The van der Waals surface area contributed by atoms with Crippen molar-refractivity contribution in [3.8, 4) is 5.75 Å². The zero-order chi connectivity index (χ0) is 15.8. The van der Waals surface area contributed by atoms with Gasteiger partial charge in [0.15, 0.2) is 0 Å². The SMILES string of the molecule is Cc1cccc(C)c1OCC(O)CNC(C)CCN(C)C. The van der Waals surface area contributed by atoms with Crippen LogP contribution in [-0.4, -0.2) is 55.9 Å². The number of aliphatic hydroxyl groups is 1. The van der Waals surface area contributed by atoms with Crippen LogP contribution >= 0.6 is 0 Å². The van der Waals surface area contributed by atoms with Gasteiger partial charge in [-0.2, -0.15) is 0 Å². The maximum absolute atomic E-state index is 10.0. The van der Waals surface area contributed by atoms with E-state index in [1.54, 1.807) is 0 Å². The van der Waals surface area contributed by atoms with Crippen LogP contribution in [0.1, 0.15) is 24.5 Å². The smallest absolute Gasteiger partial charge is 0.125 e. The molecule has 0 saturated heterocycles. The lowest BCUT2D eigenvalue weighted by molar-refractivity contribution is 0.103. The van der Waals surface area contributed by atoms with E-state index in [9.17, 15) is 5.11 Å². The molecule has 21 heavy (non-hydrogen) atoms. The molecule has 1 aromatic carbocycles. The molecule has 0 aliphatic carbocycles. The summed E-state index contributed by atoms with van der Waals surface area (Å²) in [5, 5.41) is 13.4. The highest BCUT2D eigenvalue weighted by atomic mass is 16.5. The molecule has 0 aliphatic rings. The highest BCUT2D eigenvalue weighted by Gasteiger charge is 2.10. The Labute approximate surface area is 129 Å². The van der Waals surface area contributed by atoms with Crippen molar-refractivity contribution in [3.05, 3.63) is 29.3 Å². The highest BCUT2D eigenvalue weighted by molar-refractivity contribution is 5.39. The molecule has 120 valence electrons. The van der Waals surface area contributed by atoms with Gasteiger partial charge in [0.1, 0.15) is 18.5 Å². The van der Waals surface area contributed by atoms with E-state index in [2.05, 4.69) is 31.2 Å². The van der Waals surface area contributed by atoms with Gasteiger partial charge in [0.2, 0.25) is 0 Å². The van der Waals surface area contributed by atoms with Crippen molar-refractivity contribution in [3.63, 3.8) is 0 Å². The summed E-state index contributed by atoms with van der Waals surface area (Å²) in [5.41, 5.74) is 2.21. The fourth-order valence-corrected chi connectivity index (χ4v) is 2.16. The average Bonchev–Trinajstić information content (AvgIpc) is 2.42. The fraction of sp³-hybridized carbons (Fsp3) is 0.647. The molecule has 2 unspecified atom stereocenters. The Morgan fingerprint density at radius 2 is 1.86 bits per heavy atom. The van der Waals surface area contributed by atoms with Crippen LogP contribution in [0.15, 0.2) is 18.2 Å². The summed E-state index contributed by atoms with van der Waals surface area (Å²) in [4.78, 5) is 2.17. The molecule has 0 aromatic heterocycles. The number of benzene rings is 1. The van der Waals surface area contributed by atoms with Crippen molar-refractivity contribution in [2.75, 3.05) is 33.8 Å². The van der Waals surface area contributed by atoms with Crippen LogP contribution in [0.2, 0.25) is 0 Å². The van der Waals surface area contributed by atoms with E-state index in [4.69, 9.17) is 4.74 Å². The molecule has 2 atom stereocenters. The molecule has 1 rings (SSSR count). The Balaban J connectivity index is 2.29. The van der Waals surface area contributed by atoms with Crippen molar-refractivity contribution < 1.29 is 9.84 Å². The Morgan fingerprint density at radius 3 is 2.43 bits per heavy atom. The zero-order valence-electron chi connectivity index (χ0n) is 14.0. The summed E-state index contributed by atoms with van der Waals surface area (Å²) in [5.74, 6) is 0.886. The van der Waals surface area contributed by atoms with E-state index in [-0.39, 0.29) is 0 Å². The molecule has 1 aromatic rings. The largest absolute Gasteiger partial charge is 0.490 e. The van der Waals surface area contributed by atoms with Gasteiger partial charge in [0, 0.05) is 12.6 Å². The number of nitrogens with zero attached hydrogens (tertiary/aromatic N) is 1. The first-order valence-electron chi connectivity index (χ1n) is 7.65. The lowest BCUT2D eigenvalue weighted by Crippen LogP contribution is -2.37. The van der Waals surface area contributed by atoms with Crippen molar-refractivity contribution in [1.82, 2.24) is 10.2 Å². The summed E-state index contributed by atoms with van der Waals surface area (Å²) in [6.07, 6.45) is 0.572. The molecule has 0 radical (unpaired) electrons. The minimum Gasteiger partial charge on any atom is -0.490 e. The molecule has 0 bridgehead atoms. The van der Waals surface area contributed by atoms with E-state index >= 15 is 0 Å². The maximum atomic E-state index is 10.0. The second-order valence-electron chi connectivity index (χ2n) is 6.09. The van der Waals surface area contributed by atoms with Crippen LogP contribution in [0, 0.1) is 13.8 Å². The predicted octanol–water partition coefficient (Wildman–Crippen LogP) is 1.97. The molecule has 0 spiro atoms. The number of nitrogens with one attached hydrogen (secondary N) is 1. The van der Waals surface area contributed by atoms with Crippen LogP contribution in [-0.2, 0) is 0 Å². The molecule has 4 nitrogen and oxygen atoms in total. The van der Waals surface area contributed by atoms with E-state index < -0.39 is 6.10 Å². The van der Waals surface area contributed by atoms with Gasteiger partial charge in [0.25, 0.3) is 0 Å². The average molecular weight is 294 g/mol. The number of aliphatic hydroxyl groups excluding tert-OH is 1. The Morgan fingerprint density at radius 1 is 1.24 bits per heavy atom. The highest BCUT2D eigenvalue weighted by Crippen LogP contribution is 2.22. The fourth-order valence-electron chi connectivity index (χ4n) is 2.16. The molecule has 4 heteroatoms. The lowest BCUT2D eigenvalue weighted by atomic mass is 10.1. The predicted molar refractivity (Wildman–Crippen MR) is 88.1 cm³/mol. The molecular formula is C17H30N2O2. The van der Waals surface area contributed by atoms with Gasteiger partial charge in [0.05, 0.1) is 0 Å². The van der Waals surface area contributed by atoms with Crippen LogP contribution in [0.3, 0.4) is 0 Å². The second kappa shape index (κ2) is 9.03. The number of hydrogen-bond donors (Lipinski definition) is 2. The molecule has 0 heterocycles. The molecule has 0 fully saturated rings. The molecule has 0 aliphatic heterocycles. The summed E-state index contributed by atoms with van der Waals surface area (Å²) in [6.45, 7) is 8.11. The summed E-state index contributed by atoms with van der Waals surface area (Å²) in [6, 6.07) is 6.45. The molecule has 2 N–H and O–H groups in total. The van der Waals surface area contributed by atoms with Crippen LogP contribution in [0.25, 0.3) is 0 Å². The molecular weight excluding hydrogens is 264 g/mol. The van der Waals surface area contributed by atoms with Crippen molar-refractivity contribution in [2.45, 2.75) is 39.3 Å². The number of para-hydroxylation sites is 1. The summed E-state index contributed by atoms with van der Waals surface area (Å²) < 4.78 is 5.76. The van der Waals surface area contributed by atoms with Gasteiger partial charge in [-0.1, -0.05) is 18.2 Å². The first-order chi connectivity index (χ1) is 9.90. The normalized spacial score (nSPS) is 14.2. The van der Waals surface area contributed by atoms with Crippen molar-refractivity contribution >= 4 is 0 Å². The van der Waals surface area contributed by atoms with E-state index in [1.807, 2.05) is 32.0 Å². The number of aryl methyl sites for hydroxylation is 2. The Kier molecular flexibility index (Phi) is 7.72. The van der Waals surface area contributed by atoms with Crippen molar-refractivity contribution in [1.29, 1.82) is 0 Å². The van der Waals surface area contributed by atoms with Crippen LogP contribution in [0.5, 0.6) is 5.75 Å². The Hall–Kier alpha value is -1.10. The second-order valence-corrected chi connectivity index (χ2v) is 6.09. The third-order valence-electron chi connectivity index (χ3n) is 3.54. The molecule has 0 saturated carbocycles. The topological polar surface area (TPSA) is 44.7 Å². The van der Waals surface area contributed by atoms with Crippen LogP contribution < -0.4 is 10.1 Å². The van der Waals surface area contributed by atoms with Gasteiger partial charge in [-0.25, -0.2) is 0 Å². The third-order valence-corrected chi connectivity index (χ3v) is 3.54. The first-order valence-corrected chi connectivity index (χ1v) is 7.65. The summed E-state index contributed by atoms with van der Waals surface area (Å²) >= 11 is 0. The molecule has 0 amide bonds. The minimum absolute atomic E-state index is 0.319. The maximum Gasteiger partial charge on any atom is 0.125 e. The lowest BCUT2D eigenvalue weighted by Gasteiger charge is -2.20. The van der Waals surface area contributed by atoms with Gasteiger partial charge < -0.3 is 20.1 Å². The quantitative estimate of drug-likeness (QED) is 0.731. The monoisotopic (exact) mass is 294 g/mol. The Bertz CT molecular complexity index is 401. The van der Waals surface area contributed by atoms with Gasteiger partial charge in [-0.15, -0.1) is 0 Å². The first kappa shape index (κ1) is 18.0. The van der Waals surface area contributed by atoms with Gasteiger partial charge >= 0.3 is 0 Å². The summed E-state index contributed by atoms with van der Waals surface area (Å²) in [7, 11) is 4.14. The van der Waals surface area contributed by atoms with E-state index in [1.165, 1.54) is 0 Å². The van der Waals surface area contributed by atoms with Gasteiger partial charge in [-0.3, -0.25) is 0 Å². The zero-order valence-corrected chi connectivity index (χ0v) is 14.0.